The first-order chi connectivity index (χ1) is 8.65. The van der Waals surface area contributed by atoms with Crippen LogP contribution in [0.1, 0.15) is 33.4 Å². The van der Waals surface area contributed by atoms with E-state index >= 15 is 0 Å². The molecule has 1 aliphatic rings. The van der Waals surface area contributed by atoms with Gasteiger partial charge in [-0.3, -0.25) is 13.9 Å². The Morgan fingerprint density at radius 1 is 1.39 bits per heavy atom. The van der Waals surface area contributed by atoms with Crippen molar-refractivity contribution in [2.24, 2.45) is 0 Å². The van der Waals surface area contributed by atoms with Gasteiger partial charge in [0.15, 0.2) is 5.78 Å². The summed E-state index contributed by atoms with van der Waals surface area (Å²) in [6.07, 6.45) is 5.63. The molecule has 0 radical (unpaired) electrons. The Hall–Kier alpha value is -1.62. The zero-order valence-corrected chi connectivity index (χ0v) is 10.9. The molecule has 0 aliphatic heterocycles. The van der Waals surface area contributed by atoms with Gasteiger partial charge in [0.1, 0.15) is 0 Å². The molecule has 0 N–H and O–H groups in total. The molecule has 0 amide bonds. The number of carbonyl (C=O) groups excluding carboxylic acids is 1. The molecule has 0 saturated heterocycles. The van der Waals surface area contributed by atoms with E-state index in [1.807, 2.05) is 19.1 Å². The van der Waals surface area contributed by atoms with E-state index in [0.717, 1.165) is 22.6 Å². The molecule has 0 atom stereocenters. The summed E-state index contributed by atoms with van der Waals surface area (Å²) in [5, 5.41) is 0. The van der Waals surface area contributed by atoms with E-state index in [1.165, 1.54) is 15.9 Å². The normalized spacial score (nSPS) is 14.9. The van der Waals surface area contributed by atoms with Crippen molar-refractivity contribution >= 4 is 17.1 Å². The number of aryl methyl sites for hydroxylation is 1. The standard InChI is InChI=1S/C13H14N2O2S/c1-9-2-5-12(18-9)11(16)8-14-6-7-15(13(14)17)10-3-4-10/h2,5-7,10H,3-4,8H2,1H3. The Bertz CT molecular complexity index is 646. The number of Topliss-reactive ketones (excluding diaryl/α,β-unsaturated/α-hetero) is 1. The second-order valence-corrected chi connectivity index (χ2v) is 5.97. The summed E-state index contributed by atoms with van der Waals surface area (Å²) >= 11 is 1.47. The van der Waals surface area contributed by atoms with Crippen molar-refractivity contribution in [3.8, 4) is 0 Å². The molecule has 3 rings (SSSR count). The molecule has 94 valence electrons. The fourth-order valence-corrected chi connectivity index (χ4v) is 2.79. The number of ketones is 1. The number of aromatic nitrogens is 2. The van der Waals surface area contributed by atoms with Crippen molar-refractivity contribution in [3.05, 3.63) is 44.8 Å². The van der Waals surface area contributed by atoms with Crippen LogP contribution in [0.4, 0.5) is 0 Å². The van der Waals surface area contributed by atoms with Gasteiger partial charge in [-0.05, 0) is 31.9 Å². The van der Waals surface area contributed by atoms with Crippen molar-refractivity contribution in [1.82, 2.24) is 9.13 Å². The molecule has 1 saturated carbocycles. The molecule has 5 heteroatoms. The molecular weight excluding hydrogens is 248 g/mol. The van der Waals surface area contributed by atoms with E-state index in [2.05, 4.69) is 0 Å². The lowest BCUT2D eigenvalue weighted by molar-refractivity contribution is 0.0974. The SMILES string of the molecule is Cc1ccc(C(=O)Cn2ccn(C3CC3)c2=O)s1. The topological polar surface area (TPSA) is 44.0 Å². The van der Waals surface area contributed by atoms with Gasteiger partial charge in [0.05, 0.1) is 11.4 Å². The minimum atomic E-state index is -0.0703. The van der Waals surface area contributed by atoms with Gasteiger partial charge in [0, 0.05) is 23.3 Å². The predicted molar refractivity (Wildman–Crippen MR) is 70.3 cm³/mol. The number of hydrogen-bond donors (Lipinski definition) is 0. The lowest BCUT2D eigenvalue weighted by Gasteiger charge is -1.99. The average molecular weight is 262 g/mol. The third-order valence-corrected chi connectivity index (χ3v) is 4.18. The first kappa shape index (κ1) is 11.5. The van der Waals surface area contributed by atoms with E-state index in [9.17, 15) is 9.59 Å². The second kappa shape index (κ2) is 4.24. The summed E-state index contributed by atoms with van der Waals surface area (Å²) in [6.45, 7) is 2.11. The number of thiophene rings is 1. The molecule has 0 bridgehead atoms. The fourth-order valence-electron chi connectivity index (χ4n) is 2.00. The Morgan fingerprint density at radius 3 is 2.78 bits per heavy atom. The summed E-state index contributed by atoms with van der Waals surface area (Å²) in [6, 6.07) is 4.11. The third-order valence-electron chi connectivity index (χ3n) is 3.14. The van der Waals surface area contributed by atoms with E-state index in [-0.39, 0.29) is 18.0 Å². The molecular formula is C13H14N2O2S. The average Bonchev–Trinajstić information content (AvgIpc) is 2.99. The van der Waals surface area contributed by atoms with Crippen molar-refractivity contribution in [3.63, 3.8) is 0 Å². The van der Waals surface area contributed by atoms with Crippen molar-refractivity contribution in [2.45, 2.75) is 32.4 Å². The highest BCUT2D eigenvalue weighted by atomic mass is 32.1. The quantitative estimate of drug-likeness (QED) is 0.793. The number of rotatable bonds is 4. The van der Waals surface area contributed by atoms with E-state index < -0.39 is 0 Å². The Morgan fingerprint density at radius 2 is 2.17 bits per heavy atom. The molecule has 0 spiro atoms. The van der Waals surface area contributed by atoms with Crippen molar-refractivity contribution in [2.75, 3.05) is 0 Å². The maximum absolute atomic E-state index is 12.0. The maximum Gasteiger partial charge on any atom is 0.328 e. The fraction of sp³-hybridized carbons (Fsp3) is 0.385. The van der Waals surface area contributed by atoms with Gasteiger partial charge in [0.2, 0.25) is 0 Å². The highest BCUT2D eigenvalue weighted by molar-refractivity contribution is 7.14. The van der Waals surface area contributed by atoms with Crippen LogP contribution in [0.5, 0.6) is 0 Å². The first-order valence-corrected chi connectivity index (χ1v) is 6.84. The minimum absolute atomic E-state index is 0.00347. The smallest absolute Gasteiger partial charge is 0.296 e. The predicted octanol–water partition coefficient (Wildman–Crippen LogP) is 2.24. The number of imidazole rings is 1. The van der Waals surface area contributed by atoms with Gasteiger partial charge in [-0.25, -0.2) is 4.79 Å². The summed E-state index contributed by atoms with van der Waals surface area (Å²) in [7, 11) is 0. The summed E-state index contributed by atoms with van der Waals surface area (Å²) in [5.74, 6) is 0.00347. The second-order valence-electron chi connectivity index (χ2n) is 4.68. The maximum atomic E-state index is 12.0. The number of hydrogen-bond acceptors (Lipinski definition) is 3. The zero-order chi connectivity index (χ0) is 12.7. The van der Waals surface area contributed by atoms with Crippen LogP contribution < -0.4 is 5.69 Å². The highest BCUT2D eigenvalue weighted by Gasteiger charge is 2.25. The van der Waals surface area contributed by atoms with Gasteiger partial charge in [0.25, 0.3) is 0 Å². The van der Waals surface area contributed by atoms with Gasteiger partial charge >= 0.3 is 5.69 Å². The van der Waals surface area contributed by atoms with Crippen LogP contribution in [0.15, 0.2) is 29.3 Å². The zero-order valence-electron chi connectivity index (χ0n) is 10.1. The van der Waals surface area contributed by atoms with Crippen LogP contribution in [-0.4, -0.2) is 14.9 Å². The molecule has 0 unspecified atom stereocenters. The summed E-state index contributed by atoms with van der Waals surface area (Å²) in [5.41, 5.74) is -0.0703. The molecule has 0 aromatic carbocycles. The largest absolute Gasteiger partial charge is 0.328 e. The van der Waals surface area contributed by atoms with Gasteiger partial charge < -0.3 is 0 Å². The Balaban J connectivity index is 1.80. The first-order valence-electron chi connectivity index (χ1n) is 6.02. The highest BCUT2D eigenvalue weighted by Crippen LogP contribution is 2.33. The number of nitrogens with zero attached hydrogens (tertiary/aromatic N) is 2. The Labute approximate surface area is 108 Å². The van der Waals surface area contributed by atoms with Crippen LogP contribution in [0, 0.1) is 6.92 Å². The lowest BCUT2D eigenvalue weighted by atomic mass is 10.3. The Kier molecular flexibility index (Phi) is 2.70. The molecule has 2 aromatic heterocycles. The monoisotopic (exact) mass is 262 g/mol. The van der Waals surface area contributed by atoms with E-state index in [1.54, 1.807) is 17.0 Å². The van der Waals surface area contributed by atoms with Crippen molar-refractivity contribution in [1.29, 1.82) is 0 Å². The van der Waals surface area contributed by atoms with Crippen LogP contribution in [-0.2, 0) is 6.54 Å². The molecule has 2 aromatic rings. The summed E-state index contributed by atoms with van der Waals surface area (Å²) in [4.78, 5) is 25.8. The molecule has 4 nitrogen and oxygen atoms in total. The summed E-state index contributed by atoms with van der Waals surface area (Å²) < 4.78 is 3.22. The van der Waals surface area contributed by atoms with Crippen molar-refractivity contribution < 1.29 is 4.79 Å². The molecule has 1 aliphatic carbocycles. The van der Waals surface area contributed by atoms with E-state index in [4.69, 9.17) is 0 Å². The molecule has 2 heterocycles. The third kappa shape index (κ3) is 2.06. The van der Waals surface area contributed by atoms with Gasteiger partial charge in [-0.1, -0.05) is 0 Å². The molecule has 18 heavy (non-hydrogen) atoms. The molecule has 1 fully saturated rings. The van der Waals surface area contributed by atoms with Gasteiger partial charge in [-0.2, -0.15) is 0 Å². The minimum Gasteiger partial charge on any atom is -0.296 e. The van der Waals surface area contributed by atoms with E-state index in [0.29, 0.717) is 6.04 Å². The van der Waals surface area contributed by atoms with Crippen LogP contribution in [0.2, 0.25) is 0 Å². The van der Waals surface area contributed by atoms with Gasteiger partial charge in [-0.15, -0.1) is 11.3 Å². The van der Waals surface area contributed by atoms with Crippen LogP contribution in [0.3, 0.4) is 0 Å². The number of carbonyl (C=O) groups is 1. The lowest BCUT2D eigenvalue weighted by Crippen LogP contribution is -2.26. The van der Waals surface area contributed by atoms with Crippen LogP contribution in [0.25, 0.3) is 0 Å². The van der Waals surface area contributed by atoms with Crippen LogP contribution >= 0.6 is 11.3 Å².